The van der Waals surface area contributed by atoms with Crippen LogP contribution in [0.1, 0.15) is 6.42 Å². The molecule has 9 heteroatoms. The number of hydrogen-bond acceptors (Lipinski definition) is 7. The molecule has 0 spiro atoms. The lowest BCUT2D eigenvalue weighted by Crippen LogP contribution is -2.46. The van der Waals surface area contributed by atoms with E-state index < -0.39 is 23.5 Å². The molecule has 2 atom stereocenters. The molecule has 2 unspecified atom stereocenters. The van der Waals surface area contributed by atoms with Crippen molar-refractivity contribution < 1.29 is 23.8 Å². The molecule has 0 aromatic rings. The molecule has 0 aromatic carbocycles. The molecule has 0 saturated carbocycles. The third kappa shape index (κ3) is 2.34. The van der Waals surface area contributed by atoms with Gasteiger partial charge in [0.1, 0.15) is 29.5 Å². The maximum absolute atomic E-state index is 15.6. The zero-order valence-corrected chi connectivity index (χ0v) is 15.5. The van der Waals surface area contributed by atoms with E-state index in [1.54, 1.807) is 0 Å². The normalized spacial score (nSPS) is 30.5. The molecule has 0 amide bonds. The van der Waals surface area contributed by atoms with Gasteiger partial charge in [-0.05, 0) is 12.6 Å². The molecular formula is C18H18FN3O4S. The van der Waals surface area contributed by atoms with Crippen molar-refractivity contribution in [1.82, 2.24) is 9.80 Å². The van der Waals surface area contributed by atoms with Gasteiger partial charge in [0.05, 0.1) is 11.6 Å². The lowest BCUT2D eigenvalue weighted by molar-refractivity contribution is -0.134. The van der Waals surface area contributed by atoms with Crippen molar-refractivity contribution in [3.63, 3.8) is 0 Å². The van der Waals surface area contributed by atoms with Crippen LogP contribution in [0.5, 0.6) is 0 Å². The molecule has 3 aliphatic heterocycles. The molecule has 1 N–H and O–H groups in total. The van der Waals surface area contributed by atoms with Gasteiger partial charge in [0, 0.05) is 55.4 Å². The van der Waals surface area contributed by atoms with Gasteiger partial charge in [-0.15, -0.1) is 0 Å². The number of aliphatic carboxylic acids is 1. The highest BCUT2D eigenvalue weighted by Gasteiger charge is 2.53. The van der Waals surface area contributed by atoms with E-state index in [2.05, 4.69) is 9.30 Å². The van der Waals surface area contributed by atoms with Crippen LogP contribution < -0.4 is 0 Å². The second kappa shape index (κ2) is 5.93. The van der Waals surface area contributed by atoms with Crippen molar-refractivity contribution in [2.75, 3.05) is 39.8 Å². The SMILES string of the molecule is CN1CCN(C2=C3OCC4=NSC5=C(C(=O)O)C(=O)CC(=C2F)C5C43)CC1. The van der Waals surface area contributed by atoms with E-state index in [1.165, 1.54) is 0 Å². The van der Waals surface area contributed by atoms with Crippen LogP contribution in [0.3, 0.4) is 0 Å². The van der Waals surface area contributed by atoms with Crippen LogP contribution in [0, 0.1) is 11.8 Å². The minimum absolute atomic E-state index is 0.198. The van der Waals surface area contributed by atoms with Crippen molar-refractivity contribution in [2.45, 2.75) is 6.42 Å². The molecule has 5 aliphatic rings. The molecule has 142 valence electrons. The van der Waals surface area contributed by atoms with Gasteiger partial charge in [0.15, 0.2) is 5.78 Å². The first-order valence-electron chi connectivity index (χ1n) is 8.91. The smallest absolute Gasteiger partial charge is 0.340 e. The molecule has 27 heavy (non-hydrogen) atoms. The number of carboxylic acid groups (broad SMARTS) is 1. The minimum Gasteiger partial charge on any atom is -0.489 e. The van der Waals surface area contributed by atoms with Crippen LogP contribution in [-0.4, -0.2) is 72.2 Å². The van der Waals surface area contributed by atoms with Gasteiger partial charge < -0.3 is 19.6 Å². The Morgan fingerprint density at radius 3 is 2.74 bits per heavy atom. The number of piperazine rings is 1. The topological polar surface area (TPSA) is 82.4 Å². The van der Waals surface area contributed by atoms with Crippen molar-refractivity contribution in [3.05, 3.63) is 33.3 Å². The fraction of sp³-hybridized carbons (Fsp3) is 0.500. The van der Waals surface area contributed by atoms with Gasteiger partial charge in [0.25, 0.3) is 0 Å². The number of hydrogen-bond donors (Lipinski definition) is 1. The van der Waals surface area contributed by atoms with Crippen LogP contribution in [0.15, 0.2) is 37.7 Å². The van der Waals surface area contributed by atoms with Gasteiger partial charge in [-0.2, -0.15) is 0 Å². The third-order valence-corrected chi connectivity index (χ3v) is 6.88. The average molecular weight is 391 g/mol. The van der Waals surface area contributed by atoms with Gasteiger partial charge in [-0.1, -0.05) is 0 Å². The summed E-state index contributed by atoms with van der Waals surface area (Å²) in [5.41, 5.74) is 1.36. The molecule has 2 saturated heterocycles. The van der Waals surface area contributed by atoms with Crippen LogP contribution in [0.25, 0.3) is 0 Å². The molecule has 0 aromatic heterocycles. The van der Waals surface area contributed by atoms with E-state index >= 15 is 4.39 Å². The van der Waals surface area contributed by atoms with Crippen LogP contribution >= 0.6 is 11.9 Å². The highest BCUT2D eigenvalue weighted by atomic mass is 32.2. The first-order chi connectivity index (χ1) is 13.0. The van der Waals surface area contributed by atoms with E-state index in [1.807, 2.05) is 11.9 Å². The fourth-order valence-corrected chi connectivity index (χ4v) is 5.60. The molecule has 5 rings (SSSR count). The van der Waals surface area contributed by atoms with Gasteiger partial charge >= 0.3 is 5.97 Å². The molecular weight excluding hydrogens is 373 g/mol. The summed E-state index contributed by atoms with van der Waals surface area (Å²) in [4.78, 5) is 28.6. The van der Waals surface area contributed by atoms with Gasteiger partial charge in [0.2, 0.25) is 0 Å². The predicted octanol–water partition coefficient (Wildman–Crippen LogP) is 1.36. The largest absolute Gasteiger partial charge is 0.489 e. The summed E-state index contributed by atoms with van der Waals surface area (Å²) in [5.74, 6) is -2.48. The van der Waals surface area contributed by atoms with E-state index in [4.69, 9.17) is 4.74 Å². The summed E-state index contributed by atoms with van der Waals surface area (Å²) in [5, 5.41) is 9.50. The monoisotopic (exact) mass is 391 g/mol. The Balaban J connectivity index is 1.68. The van der Waals surface area contributed by atoms with E-state index in [0.717, 1.165) is 30.7 Å². The first-order valence-corrected chi connectivity index (χ1v) is 9.68. The van der Waals surface area contributed by atoms with Crippen LogP contribution in [0.2, 0.25) is 0 Å². The standard InChI is InChI=1S/C18H18FN3O4S/c1-21-2-4-22(5-3-21)15-14(19)8-6-10(23)13(18(24)25)17-11(8)12-9(20-27-17)7-26-16(12)15/h11-12H,2-7H2,1H3,(H,24,25). The second-order valence-electron chi connectivity index (χ2n) is 7.40. The maximum atomic E-state index is 15.6. The summed E-state index contributed by atoms with van der Waals surface area (Å²) in [6.45, 7) is 3.27. The Bertz CT molecular complexity index is 898. The Labute approximate surface area is 159 Å². The summed E-state index contributed by atoms with van der Waals surface area (Å²) < 4.78 is 25.9. The number of rotatable bonds is 2. The molecule has 2 aliphatic carbocycles. The second-order valence-corrected chi connectivity index (χ2v) is 8.21. The number of ether oxygens (including phenoxy) is 1. The predicted molar refractivity (Wildman–Crippen MR) is 96.5 cm³/mol. The Kier molecular flexibility index (Phi) is 3.74. The zero-order chi connectivity index (χ0) is 18.9. The van der Waals surface area contributed by atoms with Gasteiger partial charge in [-0.25, -0.2) is 13.6 Å². The maximum Gasteiger partial charge on any atom is 0.340 e. The van der Waals surface area contributed by atoms with Crippen molar-refractivity contribution >= 4 is 29.4 Å². The summed E-state index contributed by atoms with van der Waals surface area (Å²) in [6.07, 6.45) is -0.198. The summed E-state index contributed by atoms with van der Waals surface area (Å²) in [7, 11) is 2.03. The molecule has 0 radical (unpaired) electrons. The number of carbonyl (C=O) groups is 2. The van der Waals surface area contributed by atoms with Gasteiger partial charge in [-0.3, -0.25) is 4.79 Å². The number of halogens is 1. The van der Waals surface area contributed by atoms with E-state index in [-0.39, 0.29) is 24.5 Å². The number of carboxylic acids is 1. The quantitative estimate of drug-likeness (QED) is 0.562. The molecule has 2 fully saturated rings. The Hall–Kier alpha value is -2.13. The number of likely N-dealkylation sites (N-methyl/N-ethyl adjacent to an activating group) is 1. The Morgan fingerprint density at radius 1 is 1.30 bits per heavy atom. The van der Waals surface area contributed by atoms with Crippen molar-refractivity contribution in [1.29, 1.82) is 0 Å². The van der Waals surface area contributed by atoms with Crippen molar-refractivity contribution in [2.24, 2.45) is 16.2 Å². The fourth-order valence-electron chi connectivity index (χ4n) is 4.53. The number of Topliss-reactive ketones (excluding diaryl/α,β-unsaturated/α-hetero) is 1. The average Bonchev–Trinajstić information content (AvgIpc) is 3.06. The highest BCUT2D eigenvalue weighted by Crippen LogP contribution is 2.56. The lowest BCUT2D eigenvalue weighted by Gasteiger charge is -2.42. The van der Waals surface area contributed by atoms with Crippen LogP contribution in [0.4, 0.5) is 4.39 Å². The number of carbonyl (C=O) groups excluding carboxylic acids is 1. The third-order valence-electron chi connectivity index (χ3n) is 5.90. The van der Waals surface area contributed by atoms with Crippen LogP contribution in [-0.2, 0) is 14.3 Å². The highest BCUT2D eigenvalue weighted by molar-refractivity contribution is 8.02. The van der Waals surface area contributed by atoms with E-state index in [9.17, 15) is 14.7 Å². The molecule has 7 nitrogen and oxygen atoms in total. The number of nitrogens with zero attached hydrogens (tertiary/aromatic N) is 3. The summed E-state index contributed by atoms with van der Waals surface area (Å²) in [6, 6.07) is 0. The lowest BCUT2D eigenvalue weighted by atomic mass is 9.71. The molecule has 0 bridgehead atoms. The first kappa shape index (κ1) is 17.0. The van der Waals surface area contributed by atoms with Crippen molar-refractivity contribution in [3.8, 4) is 0 Å². The molecule has 3 heterocycles. The zero-order valence-electron chi connectivity index (χ0n) is 14.7. The summed E-state index contributed by atoms with van der Waals surface area (Å²) >= 11 is 0.985. The number of ketones is 1. The Morgan fingerprint density at radius 2 is 2.04 bits per heavy atom. The number of allylic oxidation sites excluding steroid dienone is 4. The minimum atomic E-state index is -1.27. The van der Waals surface area contributed by atoms with E-state index in [0.29, 0.717) is 35.0 Å².